The van der Waals surface area contributed by atoms with Gasteiger partial charge >= 0.3 is 12.0 Å². The molecule has 0 saturated carbocycles. The molecule has 158 valence electrons. The highest BCUT2D eigenvalue weighted by Crippen LogP contribution is 2.26. The predicted molar refractivity (Wildman–Crippen MR) is 119 cm³/mol. The highest BCUT2D eigenvalue weighted by molar-refractivity contribution is 6.06. The third kappa shape index (κ3) is 3.65. The van der Waals surface area contributed by atoms with Crippen LogP contribution in [0, 0.1) is 0 Å². The molecule has 1 N–H and O–H groups in total. The maximum absolute atomic E-state index is 12.6. The second kappa shape index (κ2) is 8.11. The van der Waals surface area contributed by atoms with Gasteiger partial charge in [0.15, 0.2) is 0 Å². The number of nitrogens with one attached hydrogen (secondary N) is 1. The molecular weight excluding hydrogens is 406 g/mol. The van der Waals surface area contributed by atoms with E-state index in [9.17, 15) is 14.4 Å². The Hall–Kier alpha value is -4.26. The number of carbonyl (C=O) groups is 3. The van der Waals surface area contributed by atoms with Crippen molar-refractivity contribution in [1.29, 1.82) is 0 Å². The Morgan fingerprint density at radius 1 is 0.906 bits per heavy atom. The van der Waals surface area contributed by atoms with Gasteiger partial charge in [-0.05, 0) is 29.1 Å². The molecule has 7 heteroatoms. The molecule has 0 spiro atoms. The zero-order valence-corrected chi connectivity index (χ0v) is 17.1. The minimum atomic E-state index is -0.467. The second-order valence-electron chi connectivity index (χ2n) is 7.53. The summed E-state index contributed by atoms with van der Waals surface area (Å²) in [4.78, 5) is 41.8. The molecule has 7 nitrogen and oxygen atoms in total. The van der Waals surface area contributed by atoms with Crippen LogP contribution in [0.3, 0.4) is 0 Å². The fourth-order valence-electron chi connectivity index (χ4n) is 3.85. The van der Waals surface area contributed by atoms with Crippen LogP contribution in [0.2, 0.25) is 0 Å². The molecule has 5 rings (SSSR count). The molecule has 0 atom stereocenters. The van der Waals surface area contributed by atoms with Gasteiger partial charge in [0.25, 0.3) is 0 Å². The maximum Gasteiger partial charge on any atom is 0.338 e. The monoisotopic (exact) mass is 425 g/mol. The summed E-state index contributed by atoms with van der Waals surface area (Å²) in [7, 11) is 0. The number of esters is 1. The van der Waals surface area contributed by atoms with Gasteiger partial charge in [-0.3, -0.25) is 9.69 Å². The van der Waals surface area contributed by atoms with Crippen LogP contribution in [-0.4, -0.2) is 34.3 Å². The molecule has 1 aromatic heterocycles. The van der Waals surface area contributed by atoms with E-state index >= 15 is 0 Å². The molecule has 0 unspecified atom stereocenters. The molecule has 1 fully saturated rings. The number of nitrogens with zero attached hydrogens (tertiary/aromatic N) is 2. The highest BCUT2D eigenvalue weighted by atomic mass is 16.5. The molecule has 3 amide bonds. The van der Waals surface area contributed by atoms with Crippen molar-refractivity contribution in [1.82, 2.24) is 15.2 Å². The first-order valence-corrected chi connectivity index (χ1v) is 10.2. The number of urea groups is 1. The van der Waals surface area contributed by atoms with Crippen LogP contribution in [0.4, 0.5) is 4.79 Å². The smallest absolute Gasteiger partial charge is 0.338 e. The van der Waals surface area contributed by atoms with Crippen LogP contribution in [0.1, 0.15) is 21.6 Å². The number of hydrogen-bond acceptors (Lipinski definition) is 5. The van der Waals surface area contributed by atoms with Crippen molar-refractivity contribution in [3.63, 3.8) is 0 Å². The van der Waals surface area contributed by atoms with Crippen molar-refractivity contribution in [3.8, 4) is 0 Å². The highest BCUT2D eigenvalue weighted by Gasteiger charge is 2.28. The summed E-state index contributed by atoms with van der Waals surface area (Å²) >= 11 is 0. The minimum absolute atomic E-state index is 0.0146. The largest absolute Gasteiger partial charge is 0.456 e. The van der Waals surface area contributed by atoms with Crippen molar-refractivity contribution in [2.75, 3.05) is 6.54 Å². The number of imide groups is 1. The van der Waals surface area contributed by atoms with Crippen LogP contribution in [-0.2, 0) is 22.7 Å². The second-order valence-corrected chi connectivity index (χ2v) is 7.53. The van der Waals surface area contributed by atoms with Crippen LogP contribution in [0.15, 0.2) is 72.8 Å². The van der Waals surface area contributed by atoms with Crippen LogP contribution in [0.5, 0.6) is 0 Å². The van der Waals surface area contributed by atoms with E-state index in [2.05, 4.69) is 5.32 Å². The Kier molecular flexibility index (Phi) is 4.99. The topological polar surface area (TPSA) is 88.6 Å². The predicted octanol–water partition coefficient (Wildman–Crippen LogP) is 3.80. The first-order chi connectivity index (χ1) is 15.6. The Labute approximate surface area is 183 Å². The first kappa shape index (κ1) is 19.7. The van der Waals surface area contributed by atoms with Crippen molar-refractivity contribution >= 4 is 39.6 Å². The van der Waals surface area contributed by atoms with Gasteiger partial charge in [0, 0.05) is 10.8 Å². The Bertz CT molecular complexity index is 1350. The van der Waals surface area contributed by atoms with E-state index in [1.807, 2.05) is 48.5 Å². The summed E-state index contributed by atoms with van der Waals surface area (Å²) < 4.78 is 5.55. The number of hydrogen-bond donors (Lipinski definition) is 1. The number of rotatable bonds is 5. The molecule has 4 aromatic rings. The SMILES string of the molecule is O=C(OCc1nc2ccccc2c2ccccc12)c1ccc(CN2C(=O)CNC2=O)cc1. The summed E-state index contributed by atoms with van der Waals surface area (Å²) in [6.07, 6.45) is 0. The lowest BCUT2D eigenvalue weighted by Gasteiger charge is -2.13. The average Bonchev–Trinajstić information content (AvgIpc) is 3.15. The molecule has 0 radical (unpaired) electrons. The van der Waals surface area contributed by atoms with E-state index in [1.54, 1.807) is 24.3 Å². The Morgan fingerprint density at radius 3 is 2.31 bits per heavy atom. The summed E-state index contributed by atoms with van der Waals surface area (Å²) in [5.74, 6) is -0.737. The minimum Gasteiger partial charge on any atom is -0.456 e. The maximum atomic E-state index is 12.6. The lowest BCUT2D eigenvalue weighted by Crippen LogP contribution is -2.30. The van der Waals surface area contributed by atoms with Gasteiger partial charge in [-0.2, -0.15) is 0 Å². The number of para-hydroxylation sites is 1. The number of ether oxygens (including phenoxy) is 1. The van der Waals surface area contributed by atoms with Gasteiger partial charge in [0.05, 0.1) is 29.9 Å². The number of amides is 3. The van der Waals surface area contributed by atoms with E-state index < -0.39 is 12.0 Å². The number of benzene rings is 3. The number of pyridine rings is 1. The third-order valence-electron chi connectivity index (χ3n) is 5.49. The van der Waals surface area contributed by atoms with Crippen LogP contribution >= 0.6 is 0 Å². The molecular formula is C25H19N3O4. The van der Waals surface area contributed by atoms with Gasteiger partial charge in [0.2, 0.25) is 5.91 Å². The number of aromatic nitrogens is 1. The molecule has 1 saturated heterocycles. The van der Waals surface area contributed by atoms with Crippen molar-refractivity contribution in [2.45, 2.75) is 13.2 Å². The van der Waals surface area contributed by atoms with E-state index in [-0.39, 0.29) is 25.6 Å². The fourth-order valence-corrected chi connectivity index (χ4v) is 3.85. The van der Waals surface area contributed by atoms with Gasteiger partial charge < -0.3 is 10.1 Å². The van der Waals surface area contributed by atoms with Crippen molar-refractivity contribution in [2.24, 2.45) is 0 Å². The third-order valence-corrected chi connectivity index (χ3v) is 5.49. The van der Waals surface area contributed by atoms with Crippen LogP contribution < -0.4 is 5.32 Å². The van der Waals surface area contributed by atoms with Crippen molar-refractivity contribution < 1.29 is 19.1 Å². The van der Waals surface area contributed by atoms with E-state index in [0.717, 1.165) is 32.1 Å². The van der Waals surface area contributed by atoms with Crippen LogP contribution in [0.25, 0.3) is 21.7 Å². The van der Waals surface area contributed by atoms with Gasteiger partial charge in [-0.25, -0.2) is 14.6 Å². The molecule has 0 aliphatic carbocycles. The summed E-state index contributed by atoms with van der Waals surface area (Å²) in [5.41, 5.74) is 2.68. The Balaban J connectivity index is 1.32. The number of fused-ring (bicyclic) bond motifs is 3. The molecule has 3 aromatic carbocycles. The fraction of sp³-hybridized carbons (Fsp3) is 0.120. The molecule has 2 heterocycles. The quantitative estimate of drug-likeness (QED) is 0.299. The Morgan fingerprint density at radius 2 is 1.59 bits per heavy atom. The van der Waals surface area contributed by atoms with E-state index in [4.69, 9.17) is 9.72 Å². The summed E-state index contributed by atoms with van der Waals surface area (Å²) in [6, 6.07) is 22.1. The zero-order valence-electron chi connectivity index (χ0n) is 17.1. The normalized spacial score (nSPS) is 13.6. The lowest BCUT2D eigenvalue weighted by atomic mass is 10.0. The molecule has 1 aliphatic heterocycles. The lowest BCUT2D eigenvalue weighted by molar-refractivity contribution is -0.125. The zero-order chi connectivity index (χ0) is 22.1. The standard InChI is InChI=1S/C25H19N3O4/c29-23-13-26-25(31)28(23)14-16-9-11-17(12-10-16)24(30)32-15-22-20-7-2-1-5-18(20)19-6-3-4-8-21(19)27-22/h1-12H,13-15H2,(H,26,31). The first-order valence-electron chi connectivity index (χ1n) is 10.2. The summed E-state index contributed by atoms with van der Waals surface area (Å²) in [6.45, 7) is 0.224. The molecule has 1 aliphatic rings. The van der Waals surface area contributed by atoms with Gasteiger partial charge in [-0.1, -0.05) is 54.6 Å². The summed E-state index contributed by atoms with van der Waals surface area (Å²) in [5, 5.41) is 5.55. The average molecular weight is 425 g/mol. The number of carbonyl (C=O) groups excluding carboxylic acids is 3. The van der Waals surface area contributed by atoms with Crippen molar-refractivity contribution in [3.05, 3.63) is 89.6 Å². The van der Waals surface area contributed by atoms with E-state index in [1.165, 1.54) is 0 Å². The van der Waals surface area contributed by atoms with E-state index in [0.29, 0.717) is 11.3 Å². The molecule has 32 heavy (non-hydrogen) atoms. The van der Waals surface area contributed by atoms with Gasteiger partial charge in [-0.15, -0.1) is 0 Å². The van der Waals surface area contributed by atoms with Gasteiger partial charge in [0.1, 0.15) is 6.61 Å². The molecule has 0 bridgehead atoms.